The molecule has 70 valence electrons. The van der Waals surface area contributed by atoms with Gasteiger partial charge in [0.15, 0.2) is 5.82 Å². The van der Waals surface area contributed by atoms with Gasteiger partial charge in [-0.3, -0.25) is 0 Å². The van der Waals surface area contributed by atoms with Crippen LogP contribution in [0.2, 0.25) is 5.02 Å². The van der Waals surface area contributed by atoms with E-state index in [-0.39, 0.29) is 10.8 Å². The first-order valence-corrected chi connectivity index (χ1v) is 3.71. The fourth-order valence-corrected chi connectivity index (χ4v) is 1.06. The maximum atomic E-state index is 13.1. The molecule has 0 spiro atoms. The monoisotopic (exact) mass is 204 g/mol. The van der Waals surface area contributed by atoms with Gasteiger partial charge in [0.1, 0.15) is 11.3 Å². The molecule has 13 heavy (non-hydrogen) atoms. The van der Waals surface area contributed by atoms with Gasteiger partial charge in [0.25, 0.3) is 0 Å². The second kappa shape index (κ2) is 3.62. The number of halogens is 2. The number of aromatic carboxylic acids is 1. The third kappa shape index (κ3) is 1.72. The SMILES string of the molecule is COc1ccc(Cl)c(F)c1C(=O)O. The first kappa shape index (κ1) is 9.80. The molecule has 1 rings (SSSR count). The molecule has 5 heteroatoms. The van der Waals surface area contributed by atoms with Gasteiger partial charge < -0.3 is 9.84 Å². The molecule has 0 aliphatic carbocycles. The van der Waals surface area contributed by atoms with Crippen LogP contribution in [-0.2, 0) is 0 Å². The van der Waals surface area contributed by atoms with E-state index in [0.29, 0.717) is 0 Å². The molecule has 1 aromatic rings. The molecule has 0 bridgehead atoms. The van der Waals surface area contributed by atoms with E-state index >= 15 is 0 Å². The molecule has 0 heterocycles. The van der Waals surface area contributed by atoms with Gasteiger partial charge in [0.2, 0.25) is 0 Å². The van der Waals surface area contributed by atoms with E-state index in [1.54, 1.807) is 0 Å². The lowest BCUT2D eigenvalue weighted by atomic mass is 10.2. The zero-order valence-electron chi connectivity index (χ0n) is 6.67. The summed E-state index contributed by atoms with van der Waals surface area (Å²) in [4.78, 5) is 10.6. The molecule has 0 fully saturated rings. The van der Waals surface area contributed by atoms with Crippen molar-refractivity contribution >= 4 is 17.6 Å². The lowest BCUT2D eigenvalue weighted by Crippen LogP contribution is -2.04. The summed E-state index contributed by atoms with van der Waals surface area (Å²) in [6, 6.07) is 2.54. The highest BCUT2D eigenvalue weighted by molar-refractivity contribution is 6.31. The molecular formula is C8H6ClFO3. The van der Waals surface area contributed by atoms with E-state index in [0.717, 1.165) is 0 Å². The summed E-state index contributed by atoms with van der Waals surface area (Å²) in [6.07, 6.45) is 0. The Kier molecular flexibility index (Phi) is 2.72. The van der Waals surface area contributed by atoms with Gasteiger partial charge in [0, 0.05) is 0 Å². The van der Waals surface area contributed by atoms with Crippen molar-refractivity contribution < 1.29 is 19.0 Å². The molecule has 0 radical (unpaired) electrons. The summed E-state index contributed by atoms with van der Waals surface area (Å²) in [5.74, 6) is -2.43. The molecule has 0 aliphatic heterocycles. The maximum Gasteiger partial charge on any atom is 0.342 e. The summed E-state index contributed by atoms with van der Waals surface area (Å²) in [6.45, 7) is 0. The molecular weight excluding hydrogens is 199 g/mol. The van der Waals surface area contributed by atoms with Crippen molar-refractivity contribution in [2.75, 3.05) is 7.11 Å². The van der Waals surface area contributed by atoms with E-state index in [1.807, 2.05) is 0 Å². The second-order valence-electron chi connectivity index (χ2n) is 2.24. The van der Waals surface area contributed by atoms with E-state index in [2.05, 4.69) is 4.74 Å². The predicted octanol–water partition coefficient (Wildman–Crippen LogP) is 2.19. The Balaban J connectivity index is 3.41. The van der Waals surface area contributed by atoms with Crippen LogP contribution in [0, 0.1) is 5.82 Å². The summed E-state index contributed by atoms with van der Waals surface area (Å²) >= 11 is 5.39. The second-order valence-corrected chi connectivity index (χ2v) is 2.65. The first-order chi connectivity index (χ1) is 6.07. The minimum Gasteiger partial charge on any atom is -0.496 e. The van der Waals surface area contributed by atoms with E-state index in [1.165, 1.54) is 19.2 Å². The van der Waals surface area contributed by atoms with Gasteiger partial charge in [-0.1, -0.05) is 11.6 Å². The number of benzene rings is 1. The number of ether oxygens (including phenoxy) is 1. The number of methoxy groups -OCH3 is 1. The zero-order chi connectivity index (χ0) is 10.0. The van der Waals surface area contributed by atoms with Crippen LogP contribution in [-0.4, -0.2) is 18.2 Å². The summed E-state index contributed by atoms with van der Waals surface area (Å²) in [7, 11) is 1.26. The third-order valence-electron chi connectivity index (χ3n) is 1.49. The molecule has 1 aromatic carbocycles. The highest BCUT2D eigenvalue weighted by atomic mass is 35.5. The number of hydrogen-bond donors (Lipinski definition) is 1. The van der Waals surface area contributed by atoms with Gasteiger partial charge in [-0.25, -0.2) is 9.18 Å². The van der Waals surface area contributed by atoms with Gasteiger partial charge in [-0.05, 0) is 12.1 Å². The highest BCUT2D eigenvalue weighted by Gasteiger charge is 2.19. The van der Waals surface area contributed by atoms with Gasteiger partial charge >= 0.3 is 5.97 Å². The van der Waals surface area contributed by atoms with Crippen LogP contribution >= 0.6 is 11.6 Å². The average molecular weight is 205 g/mol. The maximum absolute atomic E-state index is 13.1. The smallest absolute Gasteiger partial charge is 0.342 e. The van der Waals surface area contributed by atoms with Crippen LogP contribution in [0.25, 0.3) is 0 Å². The fourth-order valence-electron chi connectivity index (χ4n) is 0.902. The van der Waals surface area contributed by atoms with Crippen molar-refractivity contribution in [2.45, 2.75) is 0 Å². The molecule has 0 atom stereocenters. The number of rotatable bonds is 2. The number of carbonyl (C=O) groups is 1. The lowest BCUT2D eigenvalue weighted by Gasteiger charge is -2.05. The molecule has 0 unspecified atom stereocenters. The van der Waals surface area contributed by atoms with Crippen molar-refractivity contribution in [1.82, 2.24) is 0 Å². The standard InChI is InChI=1S/C8H6ClFO3/c1-13-5-3-2-4(9)7(10)6(5)8(11)12/h2-3H,1H3,(H,11,12). The van der Waals surface area contributed by atoms with Gasteiger partial charge in [-0.15, -0.1) is 0 Å². The molecule has 0 amide bonds. The van der Waals surface area contributed by atoms with E-state index in [9.17, 15) is 9.18 Å². The van der Waals surface area contributed by atoms with Gasteiger partial charge in [0.05, 0.1) is 12.1 Å². The summed E-state index contributed by atoms with van der Waals surface area (Å²) in [5.41, 5.74) is -0.546. The Morgan fingerprint density at radius 2 is 2.23 bits per heavy atom. The van der Waals surface area contributed by atoms with Crippen LogP contribution in [0.4, 0.5) is 4.39 Å². The van der Waals surface area contributed by atoms with E-state index in [4.69, 9.17) is 16.7 Å². The predicted molar refractivity (Wildman–Crippen MR) is 44.9 cm³/mol. The quantitative estimate of drug-likeness (QED) is 0.803. The molecule has 3 nitrogen and oxygen atoms in total. The molecule has 1 N–H and O–H groups in total. The topological polar surface area (TPSA) is 46.5 Å². The van der Waals surface area contributed by atoms with Crippen LogP contribution in [0.3, 0.4) is 0 Å². The van der Waals surface area contributed by atoms with Crippen molar-refractivity contribution in [3.05, 3.63) is 28.5 Å². The normalized spacial score (nSPS) is 9.77. The van der Waals surface area contributed by atoms with Crippen molar-refractivity contribution in [2.24, 2.45) is 0 Å². The number of carboxylic acid groups (broad SMARTS) is 1. The van der Waals surface area contributed by atoms with Gasteiger partial charge in [-0.2, -0.15) is 0 Å². The Labute approximate surface area is 78.7 Å². The summed E-state index contributed by atoms with van der Waals surface area (Å²) < 4.78 is 17.8. The van der Waals surface area contributed by atoms with E-state index < -0.39 is 17.3 Å². The third-order valence-corrected chi connectivity index (χ3v) is 1.78. The molecule has 0 saturated heterocycles. The number of carboxylic acids is 1. The summed E-state index contributed by atoms with van der Waals surface area (Å²) in [5, 5.41) is 8.39. The Hall–Kier alpha value is -1.29. The zero-order valence-corrected chi connectivity index (χ0v) is 7.43. The first-order valence-electron chi connectivity index (χ1n) is 3.33. The minimum absolute atomic E-state index is 0.0469. The Morgan fingerprint density at radius 1 is 1.62 bits per heavy atom. The number of hydrogen-bond acceptors (Lipinski definition) is 2. The van der Waals surface area contributed by atoms with Crippen molar-refractivity contribution in [1.29, 1.82) is 0 Å². The molecule has 0 saturated carbocycles. The Bertz CT molecular complexity index is 351. The highest BCUT2D eigenvalue weighted by Crippen LogP contribution is 2.26. The minimum atomic E-state index is -1.41. The fraction of sp³-hybridized carbons (Fsp3) is 0.125. The van der Waals surface area contributed by atoms with Crippen LogP contribution in [0.15, 0.2) is 12.1 Å². The molecule has 0 aromatic heterocycles. The van der Waals surface area contributed by atoms with Crippen LogP contribution in [0.5, 0.6) is 5.75 Å². The van der Waals surface area contributed by atoms with Crippen molar-refractivity contribution in [3.8, 4) is 5.75 Å². The lowest BCUT2D eigenvalue weighted by molar-refractivity contribution is 0.0688. The van der Waals surface area contributed by atoms with Crippen LogP contribution in [0.1, 0.15) is 10.4 Å². The largest absolute Gasteiger partial charge is 0.496 e. The Morgan fingerprint density at radius 3 is 2.69 bits per heavy atom. The molecule has 0 aliphatic rings. The van der Waals surface area contributed by atoms with Crippen LogP contribution < -0.4 is 4.74 Å². The average Bonchev–Trinajstić information content (AvgIpc) is 2.08. The van der Waals surface area contributed by atoms with Crippen molar-refractivity contribution in [3.63, 3.8) is 0 Å².